The number of sulfonamides is 1. The third kappa shape index (κ3) is 9.90. The van der Waals surface area contributed by atoms with Gasteiger partial charge < -0.3 is 24.8 Å². The van der Waals surface area contributed by atoms with Crippen LogP contribution in [0.25, 0.3) is 0 Å². The molecular weight excluding hydrogens is 713 g/mol. The molecule has 10 nitrogen and oxygen atoms in total. The molecule has 7 rings (SSSR count). The van der Waals surface area contributed by atoms with E-state index in [1.807, 2.05) is 79.7 Å². The van der Waals surface area contributed by atoms with E-state index in [2.05, 4.69) is 26.8 Å². The number of hydrogen-bond acceptors (Lipinski definition) is 8. The Morgan fingerprint density at radius 1 is 0.836 bits per heavy atom. The van der Waals surface area contributed by atoms with Gasteiger partial charge in [0, 0.05) is 36.3 Å². The van der Waals surface area contributed by atoms with E-state index in [0.29, 0.717) is 11.7 Å². The van der Waals surface area contributed by atoms with Crippen LogP contribution >= 0.6 is 0 Å². The predicted molar refractivity (Wildman–Crippen MR) is 214 cm³/mol. The van der Waals surface area contributed by atoms with E-state index in [-0.39, 0.29) is 36.0 Å². The van der Waals surface area contributed by atoms with Gasteiger partial charge in [-0.15, -0.1) is 0 Å². The SMILES string of the molecule is Cc1ccc(S(=O)(=O)N[C@H](Cc2ccccc2)C(=O)Nc2cccc([C@@H]3O[C@H](CN4CCC[C@H]4CN4CCCC4)[C@H](C)[C@H](c4ccc(CO)cc4)O3)c2)cc1. The average Bonchev–Trinajstić information content (AvgIpc) is 3.88. The van der Waals surface area contributed by atoms with Crippen LogP contribution in [0.4, 0.5) is 5.69 Å². The van der Waals surface area contributed by atoms with Crippen LogP contribution in [0.1, 0.15) is 72.8 Å². The molecule has 3 aliphatic heterocycles. The molecule has 0 unspecified atom stereocenters. The molecule has 0 spiro atoms. The number of rotatable bonds is 14. The van der Waals surface area contributed by atoms with Gasteiger partial charge >= 0.3 is 0 Å². The Morgan fingerprint density at radius 3 is 2.31 bits per heavy atom. The Kier molecular flexibility index (Phi) is 12.8. The molecule has 3 saturated heterocycles. The summed E-state index contributed by atoms with van der Waals surface area (Å²) in [6.07, 6.45) is 4.00. The van der Waals surface area contributed by atoms with Crippen molar-refractivity contribution < 1.29 is 27.8 Å². The van der Waals surface area contributed by atoms with Gasteiger partial charge in [0.1, 0.15) is 6.04 Å². The van der Waals surface area contributed by atoms with Crippen molar-refractivity contribution in [3.05, 3.63) is 131 Å². The highest BCUT2D eigenvalue weighted by Gasteiger charge is 2.41. The van der Waals surface area contributed by atoms with Crippen molar-refractivity contribution in [1.82, 2.24) is 14.5 Å². The lowest BCUT2D eigenvalue weighted by molar-refractivity contribution is -0.276. The highest BCUT2D eigenvalue weighted by atomic mass is 32.2. The summed E-state index contributed by atoms with van der Waals surface area (Å²) in [5, 5.41) is 12.7. The minimum absolute atomic E-state index is 0.0266. The third-order valence-corrected chi connectivity index (χ3v) is 12.8. The fraction of sp³-hybridized carbons (Fsp3) is 0.432. The molecule has 0 saturated carbocycles. The standard InChI is InChI=1S/C44H54N4O6S/c1-31-15-21-39(22-16-31)55(51,52)46-40(26-33-10-4-3-5-11-33)43(50)45-37-13-8-12-36(27-37)44-53-41(29-48-25-9-14-38(48)28-47-23-6-7-24-47)32(2)42(54-44)35-19-17-34(30-49)18-20-35/h3-5,8,10-13,15-22,27,32,38,40-42,44,46,49H,6-7,9,14,23-26,28-30H2,1-2H3,(H,45,50)/t32-,38-,40+,41+,42+,44+/m0/s1. The van der Waals surface area contributed by atoms with E-state index in [4.69, 9.17) is 9.47 Å². The molecule has 0 bridgehead atoms. The zero-order valence-electron chi connectivity index (χ0n) is 31.8. The van der Waals surface area contributed by atoms with Crippen molar-refractivity contribution in [1.29, 1.82) is 0 Å². The van der Waals surface area contributed by atoms with Crippen molar-refractivity contribution in [3.8, 4) is 0 Å². The van der Waals surface area contributed by atoms with Gasteiger partial charge in [0.05, 0.1) is 23.7 Å². The topological polar surface area (TPSA) is 120 Å². The van der Waals surface area contributed by atoms with Crippen molar-refractivity contribution in [2.75, 3.05) is 38.0 Å². The van der Waals surface area contributed by atoms with Crippen LogP contribution in [0, 0.1) is 12.8 Å². The van der Waals surface area contributed by atoms with Gasteiger partial charge in [-0.3, -0.25) is 9.69 Å². The van der Waals surface area contributed by atoms with Crippen molar-refractivity contribution in [2.24, 2.45) is 5.92 Å². The molecule has 3 aliphatic rings. The number of aliphatic hydroxyl groups is 1. The van der Waals surface area contributed by atoms with Gasteiger partial charge in [-0.05, 0) is 99.6 Å². The van der Waals surface area contributed by atoms with E-state index in [0.717, 1.165) is 47.5 Å². The Morgan fingerprint density at radius 2 is 1.58 bits per heavy atom. The number of likely N-dealkylation sites (tertiary alicyclic amines) is 2. The second-order valence-electron chi connectivity index (χ2n) is 15.4. The first kappa shape index (κ1) is 39.3. The predicted octanol–water partition coefficient (Wildman–Crippen LogP) is 6.37. The second-order valence-corrected chi connectivity index (χ2v) is 17.1. The number of aliphatic hydroxyl groups excluding tert-OH is 1. The number of aryl methyl sites for hydroxylation is 1. The molecule has 0 radical (unpaired) electrons. The number of amides is 1. The fourth-order valence-corrected chi connectivity index (χ4v) is 9.36. The van der Waals surface area contributed by atoms with Crippen LogP contribution in [0.15, 0.2) is 108 Å². The summed E-state index contributed by atoms with van der Waals surface area (Å²) in [6, 6.07) is 30.7. The zero-order valence-corrected chi connectivity index (χ0v) is 32.7. The number of nitrogens with one attached hydrogen (secondary N) is 2. The van der Waals surface area contributed by atoms with Crippen molar-refractivity contribution in [3.63, 3.8) is 0 Å². The average molecular weight is 767 g/mol. The number of carbonyl (C=O) groups excluding carboxylic acids is 1. The van der Waals surface area contributed by atoms with E-state index in [1.54, 1.807) is 30.3 Å². The smallest absolute Gasteiger partial charge is 0.242 e. The van der Waals surface area contributed by atoms with Crippen molar-refractivity contribution in [2.45, 2.75) is 88.0 Å². The lowest BCUT2D eigenvalue weighted by Gasteiger charge is -2.43. The van der Waals surface area contributed by atoms with E-state index >= 15 is 0 Å². The molecule has 0 aromatic heterocycles. The molecular formula is C44H54N4O6S. The fourth-order valence-electron chi connectivity index (χ4n) is 8.17. The molecule has 0 aliphatic carbocycles. The van der Waals surface area contributed by atoms with E-state index < -0.39 is 28.3 Å². The van der Waals surface area contributed by atoms with Gasteiger partial charge in [-0.1, -0.05) is 91.3 Å². The third-order valence-electron chi connectivity index (χ3n) is 11.4. The summed E-state index contributed by atoms with van der Waals surface area (Å²) in [6.45, 7) is 9.36. The minimum Gasteiger partial charge on any atom is -0.392 e. The molecule has 3 N–H and O–H groups in total. The van der Waals surface area contributed by atoms with Gasteiger partial charge in [-0.2, -0.15) is 4.72 Å². The summed E-state index contributed by atoms with van der Waals surface area (Å²) < 4.78 is 43.3. The number of hydrogen-bond donors (Lipinski definition) is 3. The molecule has 4 aromatic rings. The Bertz CT molecular complexity index is 1970. The number of benzene rings is 4. The van der Waals surface area contributed by atoms with Gasteiger partial charge in [0.25, 0.3) is 0 Å². The molecule has 3 heterocycles. The molecule has 1 amide bonds. The lowest BCUT2D eigenvalue weighted by atomic mass is 9.90. The highest BCUT2D eigenvalue weighted by molar-refractivity contribution is 7.89. The quantitative estimate of drug-likeness (QED) is 0.136. The molecule has 55 heavy (non-hydrogen) atoms. The van der Waals surface area contributed by atoms with Gasteiger partial charge in [0.15, 0.2) is 6.29 Å². The summed E-state index contributed by atoms with van der Waals surface area (Å²) in [4.78, 5) is 19.3. The zero-order chi connectivity index (χ0) is 38.4. The summed E-state index contributed by atoms with van der Waals surface area (Å²) >= 11 is 0. The maximum Gasteiger partial charge on any atom is 0.242 e. The van der Waals surface area contributed by atoms with Gasteiger partial charge in [0.2, 0.25) is 15.9 Å². The molecule has 3 fully saturated rings. The Balaban J connectivity index is 1.11. The molecule has 11 heteroatoms. The highest BCUT2D eigenvalue weighted by Crippen LogP contribution is 2.42. The maximum atomic E-state index is 14.0. The first-order valence-corrected chi connectivity index (χ1v) is 21.1. The van der Waals surface area contributed by atoms with Crippen LogP contribution in [-0.2, 0) is 37.3 Å². The normalized spacial score (nSPS) is 24.2. The maximum absolute atomic E-state index is 14.0. The van der Waals surface area contributed by atoms with Crippen LogP contribution in [0.2, 0.25) is 0 Å². The number of carbonyl (C=O) groups is 1. The van der Waals surface area contributed by atoms with Crippen LogP contribution in [-0.4, -0.2) is 80.1 Å². The van der Waals surface area contributed by atoms with Crippen molar-refractivity contribution >= 4 is 21.6 Å². The van der Waals surface area contributed by atoms with Gasteiger partial charge in [-0.25, -0.2) is 8.42 Å². The van der Waals surface area contributed by atoms with Crippen LogP contribution < -0.4 is 10.0 Å². The number of anilines is 1. The Hall–Kier alpha value is -3.94. The Labute approximate surface area is 325 Å². The molecule has 6 atom stereocenters. The lowest BCUT2D eigenvalue weighted by Crippen LogP contribution is -2.48. The summed E-state index contributed by atoms with van der Waals surface area (Å²) in [5.41, 5.74) is 4.88. The summed E-state index contributed by atoms with van der Waals surface area (Å²) in [5.74, 6) is -0.430. The van der Waals surface area contributed by atoms with Crippen LogP contribution in [0.5, 0.6) is 0 Å². The largest absolute Gasteiger partial charge is 0.392 e. The van der Waals surface area contributed by atoms with Crippen LogP contribution in [0.3, 0.4) is 0 Å². The second kappa shape index (κ2) is 17.9. The minimum atomic E-state index is -4.00. The number of nitrogens with zero attached hydrogens (tertiary/aromatic N) is 2. The van der Waals surface area contributed by atoms with E-state index in [9.17, 15) is 18.3 Å². The first-order valence-electron chi connectivity index (χ1n) is 19.7. The summed E-state index contributed by atoms with van der Waals surface area (Å²) in [7, 11) is -4.00. The van der Waals surface area contributed by atoms with E-state index in [1.165, 1.54) is 38.8 Å². The molecule has 4 aromatic carbocycles. The monoisotopic (exact) mass is 766 g/mol. The number of ether oxygens (including phenoxy) is 2. The molecule has 292 valence electrons. The first-order chi connectivity index (χ1) is 26.6.